The third-order valence-electron chi connectivity index (χ3n) is 4.22. The lowest BCUT2D eigenvalue weighted by Gasteiger charge is -2.32. The van der Waals surface area contributed by atoms with Crippen molar-refractivity contribution in [2.75, 3.05) is 18.8 Å². The quantitative estimate of drug-likeness (QED) is 0.845. The number of benzene rings is 1. The SMILES string of the molecule is O=C(CSc1ccc(F)c(F)c1)NC1CCN(C2CC2)CC1. The first-order chi connectivity index (χ1) is 10.6. The van der Waals surface area contributed by atoms with Crippen LogP contribution in [0.3, 0.4) is 0 Å². The van der Waals surface area contributed by atoms with Gasteiger partial charge in [-0.05, 0) is 43.9 Å². The van der Waals surface area contributed by atoms with E-state index < -0.39 is 11.6 Å². The third-order valence-corrected chi connectivity index (χ3v) is 5.21. The maximum atomic E-state index is 13.1. The van der Waals surface area contributed by atoms with E-state index in [1.165, 1.54) is 30.7 Å². The number of carbonyl (C=O) groups excluding carboxylic acids is 1. The average Bonchev–Trinajstić information content (AvgIpc) is 3.34. The summed E-state index contributed by atoms with van der Waals surface area (Å²) in [5.74, 6) is -1.55. The summed E-state index contributed by atoms with van der Waals surface area (Å²) < 4.78 is 25.9. The molecular weight excluding hydrogens is 306 g/mol. The zero-order chi connectivity index (χ0) is 15.5. The molecule has 1 aromatic rings. The summed E-state index contributed by atoms with van der Waals surface area (Å²) in [5.41, 5.74) is 0. The number of hydrogen-bond acceptors (Lipinski definition) is 3. The van der Waals surface area contributed by atoms with Crippen molar-refractivity contribution in [2.24, 2.45) is 0 Å². The number of hydrogen-bond donors (Lipinski definition) is 1. The third kappa shape index (κ3) is 4.20. The van der Waals surface area contributed by atoms with Crippen LogP contribution in [-0.4, -0.2) is 41.7 Å². The zero-order valence-electron chi connectivity index (χ0n) is 12.4. The fourth-order valence-corrected chi connectivity index (χ4v) is 3.57. The molecule has 1 amide bonds. The molecule has 6 heteroatoms. The van der Waals surface area contributed by atoms with E-state index in [4.69, 9.17) is 0 Å². The molecule has 0 aromatic heterocycles. The van der Waals surface area contributed by atoms with Crippen molar-refractivity contribution in [3.8, 4) is 0 Å². The van der Waals surface area contributed by atoms with Gasteiger partial charge in [0.15, 0.2) is 11.6 Å². The van der Waals surface area contributed by atoms with Crippen molar-refractivity contribution in [1.82, 2.24) is 10.2 Å². The molecule has 1 aliphatic heterocycles. The maximum absolute atomic E-state index is 13.1. The van der Waals surface area contributed by atoms with Crippen LogP contribution in [-0.2, 0) is 4.79 Å². The van der Waals surface area contributed by atoms with Crippen LogP contribution in [0.15, 0.2) is 23.1 Å². The highest BCUT2D eigenvalue weighted by Crippen LogP contribution is 2.29. The topological polar surface area (TPSA) is 32.3 Å². The highest BCUT2D eigenvalue weighted by atomic mass is 32.2. The number of rotatable bonds is 5. The van der Waals surface area contributed by atoms with Crippen LogP contribution in [0.1, 0.15) is 25.7 Å². The van der Waals surface area contributed by atoms with Gasteiger partial charge in [0.2, 0.25) is 5.91 Å². The molecule has 120 valence electrons. The van der Waals surface area contributed by atoms with Crippen LogP contribution in [0.5, 0.6) is 0 Å². The Morgan fingerprint density at radius 3 is 2.55 bits per heavy atom. The second-order valence-electron chi connectivity index (χ2n) is 5.97. The van der Waals surface area contributed by atoms with E-state index in [0.29, 0.717) is 4.90 Å². The molecule has 0 atom stereocenters. The summed E-state index contributed by atoms with van der Waals surface area (Å²) >= 11 is 1.23. The van der Waals surface area contributed by atoms with Crippen LogP contribution in [0.25, 0.3) is 0 Å². The normalized spacial score (nSPS) is 20.1. The summed E-state index contributed by atoms with van der Waals surface area (Å²) in [5, 5.41) is 3.04. The fourth-order valence-electron chi connectivity index (χ4n) is 2.83. The molecule has 22 heavy (non-hydrogen) atoms. The number of thioether (sulfide) groups is 1. The molecule has 2 fully saturated rings. The number of piperidine rings is 1. The largest absolute Gasteiger partial charge is 0.353 e. The molecule has 0 unspecified atom stereocenters. The number of nitrogens with one attached hydrogen (secondary N) is 1. The Balaban J connectivity index is 1.39. The fraction of sp³-hybridized carbons (Fsp3) is 0.562. The van der Waals surface area contributed by atoms with Crippen LogP contribution in [0.2, 0.25) is 0 Å². The van der Waals surface area contributed by atoms with Crippen molar-refractivity contribution in [3.05, 3.63) is 29.8 Å². The molecule has 1 aliphatic carbocycles. The molecular formula is C16H20F2N2OS. The van der Waals surface area contributed by atoms with Crippen molar-refractivity contribution in [2.45, 2.75) is 42.7 Å². The van der Waals surface area contributed by atoms with Gasteiger partial charge in [0.05, 0.1) is 5.75 Å². The molecule has 1 aromatic carbocycles. The lowest BCUT2D eigenvalue weighted by atomic mass is 10.1. The summed E-state index contributed by atoms with van der Waals surface area (Å²) in [6.45, 7) is 2.12. The van der Waals surface area contributed by atoms with E-state index in [9.17, 15) is 13.6 Å². The number of amides is 1. The van der Waals surface area contributed by atoms with Gasteiger partial charge in [-0.1, -0.05) is 0 Å². The number of halogens is 2. The first kappa shape index (κ1) is 15.7. The minimum absolute atomic E-state index is 0.0420. The standard InChI is InChI=1S/C16H20F2N2OS/c17-14-4-3-13(9-15(14)18)22-10-16(21)19-11-5-7-20(8-6-11)12-1-2-12/h3-4,9,11-12H,1-2,5-8,10H2,(H,19,21). The van der Waals surface area contributed by atoms with Crippen molar-refractivity contribution >= 4 is 17.7 Å². The Kier molecular flexibility index (Phi) is 4.98. The summed E-state index contributed by atoms with van der Waals surface area (Å²) in [7, 11) is 0. The Morgan fingerprint density at radius 1 is 1.18 bits per heavy atom. The van der Waals surface area contributed by atoms with Crippen LogP contribution >= 0.6 is 11.8 Å². The van der Waals surface area contributed by atoms with E-state index in [1.807, 2.05) is 0 Å². The first-order valence-corrected chi connectivity index (χ1v) is 8.71. The van der Waals surface area contributed by atoms with Gasteiger partial charge in [-0.3, -0.25) is 4.79 Å². The van der Waals surface area contributed by atoms with Gasteiger partial charge in [0, 0.05) is 30.1 Å². The molecule has 1 heterocycles. The van der Waals surface area contributed by atoms with Gasteiger partial charge >= 0.3 is 0 Å². The number of carbonyl (C=O) groups is 1. The molecule has 0 radical (unpaired) electrons. The van der Waals surface area contributed by atoms with E-state index in [-0.39, 0.29) is 17.7 Å². The molecule has 1 N–H and O–H groups in total. The van der Waals surface area contributed by atoms with Gasteiger partial charge in [0.1, 0.15) is 0 Å². The molecule has 1 saturated carbocycles. The van der Waals surface area contributed by atoms with Crippen molar-refractivity contribution < 1.29 is 13.6 Å². The Morgan fingerprint density at radius 2 is 1.91 bits per heavy atom. The van der Waals surface area contributed by atoms with Crippen molar-refractivity contribution in [1.29, 1.82) is 0 Å². The predicted molar refractivity (Wildman–Crippen MR) is 82.8 cm³/mol. The summed E-state index contributed by atoms with van der Waals surface area (Å²) in [6, 6.07) is 4.74. The smallest absolute Gasteiger partial charge is 0.230 e. The van der Waals surface area contributed by atoms with E-state index >= 15 is 0 Å². The van der Waals surface area contributed by atoms with Gasteiger partial charge in [0.25, 0.3) is 0 Å². The minimum Gasteiger partial charge on any atom is -0.353 e. The van der Waals surface area contributed by atoms with E-state index in [2.05, 4.69) is 10.2 Å². The molecule has 0 spiro atoms. The highest BCUT2D eigenvalue weighted by Gasteiger charge is 2.32. The molecule has 1 saturated heterocycles. The second-order valence-corrected chi connectivity index (χ2v) is 7.02. The maximum Gasteiger partial charge on any atom is 0.230 e. The number of likely N-dealkylation sites (tertiary alicyclic amines) is 1. The highest BCUT2D eigenvalue weighted by molar-refractivity contribution is 8.00. The molecule has 3 nitrogen and oxygen atoms in total. The van der Waals surface area contributed by atoms with Crippen LogP contribution < -0.4 is 5.32 Å². The lowest BCUT2D eigenvalue weighted by Crippen LogP contribution is -2.45. The zero-order valence-corrected chi connectivity index (χ0v) is 13.2. The van der Waals surface area contributed by atoms with E-state index in [1.54, 1.807) is 0 Å². The van der Waals surface area contributed by atoms with Gasteiger partial charge in [-0.2, -0.15) is 0 Å². The molecule has 2 aliphatic rings. The molecule has 3 rings (SSSR count). The number of nitrogens with zero attached hydrogens (tertiary/aromatic N) is 1. The van der Waals surface area contributed by atoms with Gasteiger partial charge in [-0.25, -0.2) is 8.78 Å². The second kappa shape index (κ2) is 6.96. The average molecular weight is 326 g/mol. The summed E-state index contributed by atoms with van der Waals surface area (Å²) in [4.78, 5) is 15.0. The van der Waals surface area contributed by atoms with E-state index in [0.717, 1.165) is 44.1 Å². The Hall–Kier alpha value is -1.14. The Labute approximate surface area is 133 Å². The minimum atomic E-state index is -0.877. The Bertz CT molecular complexity index is 543. The lowest BCUT2D eigenvalue weighted by molar-refractivity contribution is -0.119. The summed E-state index contributed by atoms with van der Waals surface area (Å²) in [6.07, 6.45) is 4.64. The first-order valence-electron chi connectivity index (χ1n) is 7.73. The van der Waals surface area contributed by atoms with Crippen LogP contribution in [0.4, 0.5) is 8.78 Å². The van der Waals surface area contributed by atoms with Gasteiger partial charge in [-0.15, -0.1) is 11.8 Å². The molecule has 0 bridgehead atoms. The van der Waals surface area contributed by atoms with Gasteiger partial charge < -0.3 is 10.2 Å². The monoisotopic (exact) mass is 326 g/mol. The van der Waals surface area contributed by atoms with Crippen LogP contribution in [0, 0.1) is 11.6 Å². The van der Waals surface area contributed by atoms with Crippen molar-refractivity contribution in [3.63, 3.8) is 0 Å². The predicted octanol–water partition coefficient (Wildman–Crippen LogP) is 2.80.